The number of aryl methyl sites for hydroxylation is 3. The molecule has 0 amide bonds. The van der Waals surface area contributed by atoms with Gasteiger partial charge in [0.1, 0.15) is 16.8 Å². The number of nitrogens with zero attached hydrogens (tertiary/aromatic N) is 6. The topological polar surface area (TPSA) is 70.1 Å². The molecule has 0 saturated heterocycles. The lowest BCUT2D eigenvalue weighted by atomic mass is 9.68. The van der Waals surface area contributed by atoms with E-state index in [1.165, 1.54) is 16.5 Å². The molecule has 6 heterocycles. The third kappa shape index (κ3) is 6.29. The van der Waals surface area contributed by atoms with Gasteiger partial charge in [-0.15, -0.1) is 0 Å². The molecule has 1 aliphatic carbocycles. The van der Waals surface area contributed by atoms with E-state index in [-0.39, 0.29) is 10.8 Å². The summed E-state index contributed by atoms with van der Waals surface area (Å²) < 4.78 is 31.5. The Kier molecular flexibility index (Phi) is 8.33. The molecule has 326 valence electrons. The van der Waals surface area contributed by atoms with Crippen LogP contribution in [-0.4, -0.2) is 41.1 Å². The molecular formula is C58H58N6O. The molecular weight excluding hydrogens is 797 g/mol. The van der Waals surface area contributed by atoms with Gasteiger partial charge in [-0.2, -0.15) is 0 Å². The Morgan fingerprint density at radius 3 is 2.20 bits per heavy atom. The van der Waals surface area contributed by atoms with Gasteiger partial charge in [-0.05, 0) is 147 Å². The van der Waals surface area contributed by atoms with Gasteiger partial charge >= 0.3 is 0 Å². The van der Waals surface area contributed by atoms with Gasteiger partial charge in [0.15, 0.2) is 0 Å². The lowest BCUT2D eigenvalue weighted by Crippen LogP contribution is -2.53. The molecule has 5 aromatic heterocycles. The van der Waals surface area contributed by atoms with E-state index in [2.05, 4.69) is 150 Å². The number of aliphatic imine (C=N–C) groups is 1. The fourth-order valence-corrected chi connectivity index (χ4v) is 10.8. The summed E-state index contributed by atoms with van der Waals surface area (Å²) in [5, 5.41) is 3.32. The monoisotopic (exact) mass is 856 g/mol. The molecule has 0 radical (unpaired) electrons. The van der Waals surface area contributed by atoms with E-state index in [1.807, 2.05) is 51.2 Å². The first-order valence-corrected chi connectivity index (χ1v) is 22.9. The summed E-state index contributed by atoms with van der Waals surface area (Å²) in [5.74, 6) is 0.450. The maximum absolute atomic E-state index is 9.88. The summed E-state index contributed by atoms with van der Waals surface area (Å²) in [6.07, 6.45) is 0.445. The summed E-state index contributed by atoms with van der Waals surface area (Å²) >= 11 is 0. The molecule has 0 spiro atoms. The molecule has 0 fully saturated rings. The number of hydrogen-bond acceptors (Lipinski definition) is 5. The Hall–Kier alpha value is -6.60. The van der Waals surface area contributed by atoms with Crippen molar-refractivity contribution < 1.29 is 7.48 Å². The Labute approximate surface area is 385 Å². The molecule has 2 aliphatic rings. The second kappa shape index (κ2) is 14.0. The Bertz CT molecular complexity index is 3610. The molecule has 0 unspecified atom stereocenters. The van der Waals surface area contributed by atoms with Crippen molar-refractivity contribution in [2.24, 2.45) is 4.99 Å². The number of benzene rings is 4. The number of hydrogen-bond donors (Lipinski definition) is 0. The van der Waals surface area contributed by atoms with E-state index in [0.29, 0.717) is 18.0 Å². The minimum absolute atomic E-state index is 0.151. The highest BCUT2D eigenvalue weighted by Gasteiger charge is 2.56. The molecule has 65 heavy (non-hydrogen) atoms. The molecule has 0 bridgehead atoms. The van der Waals surface area contributed by atoms with Crippen LogP contribution in [0.1, 0.15) is 108 Å². The number of rotatable bonds is 4. The summed E-state index contributed by atoms with van der Waals surface area (Å²) in [6.45, 7) is 25.7. The van der Waals surface area contributed by atoms with Gasteiger partial charge in [-0.25, -0.2) is 15.0 Å². The van der Waals surface area contributed by atoms with E-state index in [1.54, 1.807) is 0 Å². The van der Waals surface area contributed by atoms with Crippen LogP contribution in [0.3, 0.4) is 0 Å². The van der Waals surface area contributed by atoms with Gasteiger partial charge in [0.05, 0.1) is 33.4 Å². The third-order valence-corrected chi connectivity index (χ3v) is 14.3. The average Bonchev–Trinajstić information content (AvgIpc) is 3.87. The van der Waals surface area contributed by atoms with Crippen molar-refractivity contribution in [3.8, 4) is 22.6 Å². The van der Waals surface area contributed by atoms with Gasteiger partial charge < -0.3 is 9.30 Å². The summed E-state index contributed by atoms with van der Waals surface area (Å²) in [5.41, 5.74) is 15.0. The molecule has 9 aromatic rings. The fraction of sp³-hybridized carbons (Fsp3) is 0.310. The van der Waals surface area contributed by atoms with Crippen LogP contribution >= 0.6 is 0 Å². The summed E-state index contributed by atoms with van der Waals surface area (Å²) in [4.78, 5) is 20.7. The lowest BCUT2D eigenvalue weighted by molar-refractivity contribution is 0.0261. The highest BCUT2D eigenvalue weighted by molar-refractivity contribution is 6.12. The van der Waals surface area contributed by atoms with Crippen LogP contribution in [-0.2, 0) is 28.4 Å². The van der Waals surface area contributed by atoms with Crippen molar-refractivity contribution in [1.29, 1.82) is 0 Å². The smallest absolute Gasteiger partial charge is 0.217 e. The van der Waals surface area contributed by atoms with Gasteiger partial charge in [-0.1, -0.05) is 83.5 Å². The van der Waals surface area contributed by atoms with E-state index < -0.39 is 17.5 Å². The third-order valence-electron chi connectivity index (χ3n) is 14.3. The van der Waals surface area contributed by atoms with Crippen molar-refractivity contribution in [2.45, 2.75) is 118 Å². The Balaban J connectivity index is 1.12. The van der Waals surface area contributed by atoms with Crippen molar-refractivity contribution in [1.82, 2.24) is 24.1 Å². The van der Waals surface area contributed by atoms with E-state index in [4.69, 9.17) is 24.7 Å². The van der Waals surface area contributed by atoms with Crippen molar-refractivity contribution in [2.75, 3.05) is 0 Å². The van der Waals surface area contributed by atoms with E-state index in [9.17, 15) is 2.74 Å². The van der Waals surface area contributed by atoms with Crippen molar-refractivity contribution in [3.05, 3.63) is 160 Å². The van der Waals surface area contributed by atoms with Crippen LogP contribution in [0.2, 0.25) is 0 Å². The molecule has 7 heteroatoms. The van der Waals surface area contributed by atoms with Crippen LogP contribution in [0.25, 0.3) is 66.5 Å². The van der Waals surface area contributed by atoms with E-state index >= 15 is 0 Å². The molecule has 11 rings (SSSR count). The molecule has 0 N–H and O–H groups in total. The largest absolute Gasteiger partial charge is 0.468 e. The molecule has 2 atom stereocenters. The molecule has 1 aliphatic heterocycles. The standard InChI is InChI=1S/C58H58N6O/c1-33-20-22-47-42(25-33)43-26-34(2)49(64-48-23-21-45(37-17-14-13-15-18-37)61-52(48)41-19-16-24-59-53(41)64)30-50(43)63(47)40-28-38(27-39(29-40)55(5,6)7)54-62-57(11)32-46-44(31-58(57,12)65-54)35(3)51(36(4)60-46)56(8,9)10/h13-30H,31-32H2,1-12H3/t57-,58-/m0/s1/i32D2. The maximum Gasteiger partial charge on any atom is 0.217 e. The van der Waals surface area contributed by atoms with Crippen LogP contribution in [0.15, 0.2) is 114 Å². The van der Waals surface area contributed by atoms with Crippen molar-refractivity contribution >= 4 is 49.8 Å². The van der Waals surface area contributed by atoms with Crippen molar-refractivity contribution in [3.63, 3.8) is 0 Å². The Morgan fingerprint density at radius 1 is 0.692 bits per heavy atom. The molecule has 4 aromatic carbocycles. The zero-order valence-electron chi connectivity index (χ0n) is 41.7. The van der Waals surface area contributed by atoms with Crippen LogP contribution < -0.4 is 0 Å². The minimum Gasteiger partial charge on any atom is -0.468 e. The second-order valence-electron chi connectivity index (χ2n) is 21.1. The first-order chi connectivity index (χ1) is 31.6. The summed E-state index contributed by atoms with van der Waals surface area (Å²) in [6, 6.07) is 36.7. The molecule has 0 saturated carbocycles. The zero-order chi connectivity index (χ0) is 47.3. The zero-order valence-corrected chi connectivity index (χ0v) is 39.7. The van der Waals surface area contributed by atoms with Gasteiger partial charge in [0.25, 0.3) is 0 Å². The number of pyridine rings is 3. The maximum atomic E-state index is 9.88. The van der Waals surface area contributed by atoms with E-state index in [0.717, 1.165) is 94.6 Å². The SMILES string of the molecule is [2H]C1([2H])c2nc(C)c(C(C)(C)C)c(C)c2C[C@]2(C)OC(c3cc(-n4c5ccc(C)cc5c5cc(C)c(-n6c7ccc(-c8ccccc8)nc7c7cccnc76)cc54)cc(C(C)(C)C)c3)=N[C@@]12C. The highest BCUT2D eigenvalue weighted by atomic mass is 16.5. The summed E-state index contributed by atoms with van der Waals surface area (Å²) in [7, 11) is 0. The number of aromatic nitrogens is 5. The predicted octanol–water partition coefficient (Wildman–Crippen LogP) is 13.7. The quantitative estimate of drug-likeness (QED) is 0.177. The van der Waals surface area contributed by atoms with Crippen LogP contribution in [0.4, 0.5) is 0 Å². The Morgan fingerprint density at radius 2 is 1.45 bits per heavy atom. The highest BCUT2D eigenvalue weighted by Crippen LogP contribution is 2.48. The normalized spacial score (nSPS) is 19.9. The van der Waals surface area contributed by atoms with Gasteiger partial charge in [0.2, 0.25) is 5.90 Å². The molecule has 7 nitrogen and oxygen atoms in total. The van der Waals surface area contributed by atoms with Gasteiger partial charge in [0, 0.05) is 66.1 Å². The lowest BCUT2D eigenvalue weighted by Gasteiger charge is -2.43. The predicted molar refractivity (Wildman–Crippen MR) is 269 cm³/mol. The van der Waals surface area contributed by atoms with Crippen LogP contribution in [0, 0.1) is 27.7 Å². The number of ether oxygens (including phenoxy) is 1. The number of fused-ring (bicyclic) bond motifs is 8. The average molecular weight is 857 g/mol. The second-order valence-corrected chi connectivity index (χ2v) is 21.1. The first-order valence-electron chi connectivity index (χ1n) is 23.9. The first kappa shape index (κ1) is 38.8. The van der Waals surface area contributed by atoms with Crippen LogP contribution in [0.5, 0.6) is 0 Å². The minimum atomic E-state index is -1.91. The van der Waals surface area contributed by atoms with Gasteiger partial charge in [-0.3, -0.25) is 9.55 Å². The fourth-order valence-electron chi connectivity index (χ4n) is 10.8.